The topological polar surface area (TPSA) is 35.5 Å². The standard InChI is InChI=1S/C22H40O3Si/c1-14-10-11-16-15(19(23)24-7)12-17-18(21(5,6)13-22(14,16)17)25-26(8,9)20(2,3)4/h14-18H,10-13H2,1-9H3/t14-,15-,16-,17+,18+,22-/m0/s1. The number of carbonyl (C=O) groups excluding carboxylic acids is 1. The summed E-state index contributed by atoms with van der Waals surface area (Å²) in [5.74, 6) is 1.76. The van der Waals surface area contributed by atoms with Gasteiger partial charge in [0, 0.05) is 0 Å². The van der Waals surface area contributed by atoms with Crippen LogP contribution in [0.2, 0.25) is 18.1 Å². The highest BCUT2D eigenvalue weighted by Crippen LogP contribution is 2.73. The van der Waals surface area contributed by atoms with Crippen LogP contribution in [0.5, 0.6) is 0 Å². The lowest BCUT2D eigenvalue weighted by Crippen LogP contribution is -2.48. The second-order valence-corrected chi connectivity index (χ2v) is 16.4. The fourth-order valence-corrected chi connectivity index (χ4v) is 8.10. The zero-order chi connectivity index (χ0) is 19.7. The van der Waals surface area contributed by atoms with Gasteiger partial charge in [0.25, 0.3) is 0 Å². The van der Waals surface area contributed by atoms with Gasteiger partial charge in [-0.1, -0.05) is 41.5 Å². The van der Waals surface area contributed by atoms with Gasteiger partial charge in [-0.15, -0.1) is 0 Å². The molecular weight excluding hydrogens is 340 g/mol. The molecule has 3 aliphatic rings. The van der Waals surface area contributed by atoms with Gasteiger partial charge in [0.2, 0.25) is 0 Å². The van der Waals surface area contributed by atoms with Crippen LogP contribution in [-0.4, -0.2) is 27.5 Å². The highest BCUT2D eigenvalue weighted by Gasteiger charge is 2.71. The summed E-state index contributed by atoms with van der Waals surface area (Å²) in [5, 5.41) is 0.208. The summed E-state index contributed by atoms with van der Waals surface area (Å²) in [4.78, 5) is 12.5. The van der Waals surface area contributed by atoms with Crippen molar-refractivity contribution in [3.8, 4) is 0 Å². The van der Waals surface area contributed by atoms with Crippen molar-refractivity contribution in [1.82, 2.24) is 0 Å². The van der Waals surface area contributed by atoms with Crippen molar-refractivity contribution in [3.63, 3.8) is 0 Å². The van der Waals surface area contributed by atoms with Gasteiger partial charge in [0.1, 0.15) is 0 Å². The Kier molecular flexibility index (Phi) is 4.76. The Morgan fingerprint density at radius 3 is 2.27 bits per heavy atom. The monoisotopic (exact) mass is 380 g/mol. The van der Waals surface area contributed by atoms with Crippen molar-refractivity contribution in [2.24, 2.45) is 34.5 Å². The Balaban J connectivity index is 1.99. The van der Waals surface area contributed by atoms with E-state index in [4.69, 9.17) is 9.16 Å². The molecule has 3 aliphatic carbocycles. The van der Waals surface area contributed by atoms with Crippen molar-refractivity contribution in [2.45, 2.75) is 91.5 Å². The van der Waals surface area contributed by atoms with E-state index in [1.165, 1.54) is 19.3 Å². The molecule has 4 heteroatoms. The van der Waals surface area contributed by atoms with E-state index in [1.807, 2.05) is 0 Å². The van der Waals surface area contributed by atoms with Crippen LogP contribution in [0.1, 0.15) is 67.2 Å². The molecule has 0 radical (unpaired) electrons. The predicted octanol–water partition coefficient (Wildman–Crippen LogP) is 5.65. The van der Waals surface area contributed by atoms with E-state index in [0.717, 1.165) is 6.42 Å². The Bertz CT molecular complexity index is 576. The summed E-state index contributed by atoms with van der Waals surface area (Å²) in [5.41, 5.74) is 0.452. The molecule has 0 N–H and O–H groups in total. The first-order valence-electron chi connectivity index (χ1n) is 10.5. The van der Waals surface area contributed by atoms with E-state index in [-0.39, 0.29) is 33.9 Å². The molecule has 0 heterocycles. The molecule has 0 amide bonds. The van der Waals surface area contributed by atoms with Gasteiger partial charge in [0.15, 0.2) is 8.32 Å². The normalized spacial score (nSPS) is 41.8. The Morgan fingerprint density at radius 1 is 1.12 bits per heavy atom. The molecule has 6 atom stereocenters. The van der Waals surface area contributed by atoms with Crippen LogP contribution in [0, 0.1) is 34.5 Å². The summed E-state index contributed by atoms with van der Waals surface area (Å²) >= 11 is 0. The lowest BCUT2D eigenvalue weighted by atomic mass is 9.68. The number of hydrogen-bond acceptors (Lipinski definition) is 3. The van der Waals surface area contributed by atoms with Gasteiger partial charge in [0.05, 0.1) is 19.1 Å². The molecule has 0 aromatic carbocycles. The second kappa shape index (κ2) is 6.07. The average Bonchev–Trinajstić information content (AvgIpc) is 3.04. The number of esters is 1. The average molecular weight is 381 g/mol. The summed E-state index contributed by atoms with van der Waals surface area (Å²) in [7, 11) is -0.311. The van der Waals surface area contributed by atoms with E-state index in [1.54, 1.807) is 7.11 Å². The second-order valence-electron chi connectivity index (χ2n) is 11.6. The minimum absolute atomic E-state index is 0.0155. The molecule has 3 nitrogen and oxygen atoms in total. The van der Waals surface area contributed by atoms with Crippen molar-refractivity contribution in [3.05, 3.63) is 0 Å². The van der Waals surface area contributed by atoms with Crippen molar-refractivity contribution >= 4 is 14.3 Å². The zero-order valence-corrected chi connectivity index (χ0v) is 19.4. The molecule has 150 valence electrons. The van der Waals surface area contributed by atoms with E-state index in [2.05, 4.69) is 54.6 Å². The van der Waals surface area contributed by atoms with E-state index < -0.39 is 8.32 Å². The fraction of sp³-hybridized carbons (Fsp3) is 0.955. The fourth-order valence-electron chi connectivity index (χ4n) is 6.63. The molecule has 0 unspecified atom stereocenters. The van der Waals surface area contributed by atoms with E-state index in [9.17, 15) is 4.79 Å². The third kappa shape index (κ3) is 2.73. The SMILES string of the molecule is COC(=O)[C@H]1C[C@@H]2[C@@H](O[Si](C)(C)C(C)(C)C)C(C)(C)C[C@@]23[C@@H](C)CC[C@@H]13. The molecule has 0 aliphatic heterocycles. The number of rotatable bonds is 3. The molecule has 0 aromatic rings. The van der Waals surface area contributed by atoms with Crippen molar-refractivity contribution < 1.29 is 14.0 Å². The van der Waals surface area contributed by atoms with Gasteiger partial charge < -0.3 is 9.16 Å². The molecule has 0 bridgehead atoms. The smallest absolute Gasteiger partial charge is 0.308 e. The van der Waals surface area contributed by atoms with E-state index in [0.29, 0.717) is 17.8 Å². The highest BCUT2D eigenvalue weighted by molar-refractivity contribution is 6.74. The minimum atomic E-state index is -1.86. The molecule has 3 rings (SSSR count). The Hall–Kier alpha value is -0.353. The van der Waals surface area contributed by atoms with Crippen LogP contribution in [0.25, 0.3) is 0 Å². The summed E-state index contributed by atoms with van der Waals surface area (Å²) in [6.07, 6.45) is 4.85. The molecular formula is C22H40O3Si. The summed E-state index contributed by atoms with van der Waals surface area (Å²) in [6.45, 7) is 19.0. The molecule has 3 fully saturated rings. The maximum Gasteiger partial charge on any atom is 0.308 e. The minimum Gasteiger partial charge on any atom is -0.469 e. The quantitative estimate of drug-likeness (QED) is 0.469. The third-order valence-electron chi connectivity index (χ3n) is 8.83. The van der Waals surface area contributed by atoms with E-state index >= 15 is 0 Å². The molecule has 1 spiro atoms. The van der Waals surface area contributed by atoms with Gasteiger partial charge in [-0.05, 0) is 72.4 Å². The zero-order valence-electron chi connectivity index (χ0n) is 18.4. The molecule has 0 aromatic heterocycles. The lowest BCUT2D eigenvalue weighted by molar-refractivity contribution is -0.147. The number of hydrogen-bond donors (Lipinski definition) is 0. The van der Waals surface area contributed by atoms with Crippen LogP contribution < -0.4 is 0 Å². The first-order valence-corrected chi connectivity index (χ1v) is 13.4. The van der Waals surface area contributed by atoms with Gasteiger partial charge in [-0.3, -0.25) is 4.79 Å². The van der Waals surface area contributed by atoms with Crippen LogP contribution in [0.15, 0.2) is 0 Å². The third-order valence-corrected chi connectivity index (χ3v) is 13.3. The first kappa shape index (κ1) is 20.4. The van der Waals surface area contributed by atoms with Crippen LogP contribution in [-0.2, 0) is 14.0 Å². The lowest BCUT2D eigenvalue weighted by Gasteiger charge is -2.44. The molecule has 0 saturated heterocycles. The van der Waals surface area contributed by atoms with Crippen LogP contribution in [0.3, 0.4) is 0 Å². The maximum atomic E-state index is 12.5. The predicted molar refractivity (Wildman–Crippen MR) is 108 cm³/mol. The molecule has 26 heavy (non-hydrogen) atoms. The van der Waals surface area contributed by atoms with Gasteiger partial charge in [-0.25, -0.2) is 0 Å². The number of carbonyl (C=O) groups is 1. The van der Waals surface area contributed by atoms with Gasteiger partial charge in [-0.2, -0.15) is 0 Å². The first-order chi connectivity index (χ1) is 11.8. The van der Waals surface area contributed by atoms with Crippen molar-refractivity contribution in [1.29, 1.82) is 0 Å². The van der Waals surface area contributed by atoms with Crippen LogP contribution in [0.4, 0.5) is 0 Å². The van der Waals surface area contributed by atoms with Gasteiger partial charge >= 0.3 is 5.97 Å². The summed E-state index contributed by atoms with van der Waals surface area (Å²) in [6, 6.07) is 0. The van der Waals surface area contributed by atoms with Crippen LogP contribution >= 0.6 is 0 Å². The number of ether oxygens (including phenoxy) is 1. The summed E-state index contributed by atoms with van der Waals surface area (Å²) < 4.78 is 12.3. The Morgan fingerprint density at radius 2 is 1.73 bits per heavy atom. The maximum absolute atomic E-state index is 12.5. The highest BCUT2D eigenvalue weighted by atomic mass is 28.4. The largest absolute Gasteiger partial charge is 0.469 e. The molecule has 3 saturated carbocycles. The Labute approximate surface area is 161 Å². The van der Waals surface area contributed by atoms with Crippen molar-refractivity contribution in [2.75, 3.05) is 7.11 Å². The number of methoxy groups -OCH3 is 1.